The number of ether oxygens (including phenoxy) is 1. The number of carbonyl (C=O) groups is 1. The van der Waals surface area contributed by atoms with E-state index in [0.29, 0.717) is 0 Å². The smallest absolute Gasteiger partial charge is 0.408 e. The lowest BCUT2D eigenvalue weighted by Crippen LogP contribution is -2.24. The Balaban J connectivity index is 1.69. The number of amides is 1. The van der Waals surface area contributed by atoms with Gasteiger partial charge in [-0.25, -0.2) is 9.78 Å². The van der Waals surface area contributed by atoms with Gasteiger partial charge in [-0.1, -0.05) is 36.3 Å². The summed E-state index contributed by atoms with van der Waals surface area (Å²) in [5.41, 5.74) is 1.67. The summed E-state index contributed by atoms with van der Waals surface area (Å²) in [6.07, 6.45) is 1.17. The molecule has 0 unspecified atom stereocenters. The first-order valence-corrected chi connectivity index (χ1v) is 6.19. The Hall–Kier alpha value is -2.74. The Labute approximate surface area is 117 Å². The van der Waals surface area contributed by atoms with E-state index in [1.165, 1.54) is 0 Å². The van der Waals surface area contributed by atoms with Gasteiger partial charge >= 0.3 is 6.09 Å². The summed E-state index contributed by atoms with van der Waals surface area (Å²) in [6, 6.07) is 9.50. The Morgan fingerprint density at radius 1 is 1.40 bits per heavy atom. The normalized spacial score (nSPS) is 9.45. The lowest BCUT2D eigenvalue weighted by atomic mass is 10.2. The Morgan fingerprint density at radius 2 is 2.20 bits per heavy atom. The second kappa shape index (κ2) is 7.00. The maximum Gasteiger partial charge on any atom is 0.408 e. The maximum atomic E-state index is 11.4. The summed E-state index contributed by atoms with van der Waals surface area (Å²) in [5, 5.41) is 2.56. The molecular weight excluding hydrogens is 254 g/mol. The van der Waals surface area contributed by atoms with Crippen LogP contribution in [0.4, 0.5) is 4.79 Å². The third kappa shape index (κ3) is 4.50. The number of nitrogens with one attached hydrogen (secondary N) is 2. The molecule has 1 heterocycles. The molecule has 0 bridgehead atoms. The molecule has 0 spiro atoms. The first-order chi connectivity index (χ1) is 9.74. The van der Waals surface area contributed by atoms with Crippen molar-refractivity contribution in [2.45, 2.75) is 13.5 Å². The van der Waals surface area contributed by atoms with Crippen LogP contribution in [0.1, 0.15) is 17.1 Å². The number of aromatic amines is 1. The molecule has 0 aliphatic heterocycles. The molecule has 0 radical (unpaired) electrons. The minimum absolute atomic E-state index is 0.228. The fraction of sp³-hybridized carbons (Fsp3) is 0.200. The fourth-order valence-electron chi connectivity index (χ4n) is 1.51. The summed E-state index contributed by atoms with van der Waals surface area (Å²) >= 11 is 0. The first-order valence-electron chi connectivity index (χ1n) is 6.19. The number of aromatic nitrogens is 2. The minimum Gasteiger partial charge on any atom is -0.445 e. The summed E-state index contributed by atoms with van der Waals surface area (Å²) in [4.78, 5) is 18.4. The van der Waals surface area contributed by atoms with Crippen LogP contribution in [0.5, 0.6) is 0 Å². The summed E-state index contributed by atoms with van der Waals surface area (Å²) < 4.78 is 5.05. The standard InChI is InChI=1S/C15H15N3O2/c1-12-17-10-14(18-12)8-5-9-16-15(19)20-11-13-6-3-2-4-7-13/h2-4,6-7,10H,9,11H2,1H3,(H,16,19)(H,17,18). The van der Waals surface area contributed by atoms with Gasteiger partial charge in [0.1, 0.15) is 18.1 Å². The molecule has 0 saturated carbocycles. The van der Waals surface area contributed by atoms with Crippen LogP contribution in [0.25, 0.3) is 0 Å². The zero-order valence-corrected chi connectivity index (χ0v) is 11.1. The van der Waals surface area contributed by atoms with Gasteiger partial charge in [-0.05, 0) is 18.4 Å². The second-order valence-corrected chi connectivity index (χ2v) is 4.10. The highest BCUT2D eigenvalue weighted by atomic mass is 16.5. The van der Waals surface area contributed by atoms with Gasteiger partial charge in [0, 0.05) is 0 Å². The molecule has 102 valence electrons. The van der Waals surface area contributed by atoms with Crippen LogP contribution in [-0.4, -0.2) is 22.6 Å². The van der Waals surface area contributed by atoms with Crippen LogP contribution in [-0.2, 0) is 11.3 Å². The largest absolute Gasteiger partial charge is 0.445 e. The van der Waals surface area contributed by atoms with E-state index in [9.17, 15) is 4.79 Å². The molecule has 1 aromatic carbocycles. The molecule has 0 saturated heterocycles. The van der Waals surface area contributed by atoms with Crippen LogP contribution in [0.2, 0.25) is 0 Å². The Morgan fingerprint density at radius 3 is 2.90 bits per heavy atom. The van der Waals surface area contributed by atoms with E-state index in [1.807, 2.05) is 37.3 Å². The average Bonchev–Trinajstić information content (AvgIpc) is 2.88. The number of carbonyl (C=O) groups excluding carboxylic acids is 1. The molecule has 1 aromatic heterocycles. The van der Waals surface area contributed by atoms with E-state index >= 15 is 0 Å². The summed E-state index contributed by atoms with van der Waals surface area (Å²) in [5.74, 6) is 6.48. The number of imidazole rings is 1. The SMILES string of the molecule is Cc1ncc(C#CCNC(=O)OCc2ccccc2)[nH]1. The van der Waals surface area contributed by atoms with Crippen molar-refractivity contribution in [2.75, 3.05) is 6.54 Å². The van der Waals surface area contributed by atoms with Crippen molar-refractivity contribution in [1.29, 1.82) is 0 Å². The molecule has 1 amide bonds. The lowest BCUT2D eigenvalue weighted by molar-refractivity contribution is 0.141. The predicted molar refractivity (Wildman–Crippen MR) is 74.8 cm³/mol. The van der Waals surface area contributed by atoms with E-state index in [4.69, 9.17) is 4.74 Å². The molecule has 20 heavy (non-hydrogen) atoms. The molecule has 0 aliphatic carbocycles. The van der Waals surface area contributed by atoms with Crippen molar-refractivity contribution in [3.05, 3.63) is 53.6 Å². The molecular formula is C15H15N3O2. The highest BCUT2D eigenvalue weighted by molar-refractivity contribution is 5.67. The van der Waals surface area contributed by atoms with Crippen LogP contribution in [0, 0.1) is 18.8 Å². The lowest BCUT2D eigenvalue weighted by Gasteiger charge is -2.04. The number of H-pyrrole nitrogens is 1. The summed E-state index contributed by atoms with van der Waals surface area (Å²) in [6.45, 7) is 2.33. The van der Waals surface area contributed by atoms with E-state index in [-0.39, 0.29) is 13.2 Å². The number of hydrogen-bond donors (Lipinski definition) is 2. The Bertz CT molecular complexity index is 623. The van der Waals surface area contributed by atoms with Crippen LogP contribution < -0.4 is 5.32 Å². The molecule has 2 rings (SSSR count). The number of rotatable bonds is 3. The molecule has 5 nitrogen and oxygen atoms in total. The van der Waals surface area contributed by atoms with Gasteiger partial charge in [0.05, 0.1) is 12.7 Å². The zero-order chi connectivity index (χ0) is 14.2. The first kappa shape index (κ1) is 13.7. The molecule has 0 fully saturated rings. The van der Waals surface area contributed by atoms with Crippen molar-refractivity contribution in [1.82, 2.24) is 15.3 Å². The number of alkyl carbamates (subject to hydrolysis) is 1. The predicted octanol–water partition coefficient (Wildman–Crippen LogP) is 2.00. The van der Waals surface area contributed by atoms with E-state index in [0.717, 1.165) is 17.1 Å². The molecule has 2 aromatic rings. The highest BCUT2D eigenvalue weighted by Gasteiger charge is 2.00. The Kier molecular flexibility index (Phi) is 4.79. The molecule has 0 atom stereocenters. The van der Waals surface area contributed by atoms with E-state index < -0.39 is 6.09 Å². The third-order valence-electron chi connectivity index (χ3n) is 2.46. The number of aryl methyl sites for hydroxylation is 1. The van der Waals surface area contributed by atoms with Gasteiger partial charge in [0.25, 0.3) is 0 Å². The van der Waals surface area contributed by atoms with Gasteiger partial charge in [-0.3, -0.25) is 0 Å². The quantitative estimate of drug-likeness (QED) is 0.837. The zero-order valence-electron chi connectivity index (χ0n) is 11.1. The van der Waals surface area contributed by atoms with E-state index in [1.54, 1.807) is 6.20 Å². The topological polar surface area (TPSA) is 67.0 Å². The van der Waals surface area contributed by atoms with Crippen molar-refractivity contribution in [3.63, 3.8) is 0 Å². The van der Waals surface area contributed by atoms with Crippen LogP contribution in [0.15, 0.2) is 36.5 Å². The maximum absolute atomic E-state index is 11.4. The second-order valence-electron chi connectivity index (χ2n) is 4.10. The van der Waals surface area contributed by atoms with Gasteiger partial charge in [-0.2, -0.15) is 0 Å². The van der Waals surface area contributed by atoms with Crippen molar-refractivity contribution >= 4 is 6.09 Å². The summed E-state index contributed by atoms with van der Waals surface area (Å²) in [7, 11) is 0. The molecule has 5 heteroatoms. The van der Waals surface area contributed by atoms with Crippen LogP contribution >= 0.6 is 0 Å². The van der Waals surface area contributed by atoms with Gasteiger partial charge in [-0.15, -0.1) is 0 Å². The average molecular weight is 269 g/mol. The van der Waals surface area contributed by atoms with Crippen LogP contribution in [0.3, 0.4) is 0 Å². The third-order valence-corrected chi connectivity index (χ3v) is 2.46. The fourth-order valence-corrected chi connectivity index (χ4v) is 1.51. The van der Waals surface area contributed by atoms with Gasteiger partial charge in [0.15, 0.2) is 0 Å². The van der Waals surface area contributed by atoms with Gasteiger partial charge in [0.2, 0.25) is 0 Å². The van der Waals surface area contributed by atoms with Gasteiger partial charge < -0.3 is 15.0 Å². The van der Waals surface area contributed by atoms with Crippen molar-refractivity contribution < 1.29 is 9.53 Å². The van der Waals surface area contributed by atoms with Crippen molar-refractivity contribution in [3.8, 4) is 11.8 Å². The highest BCUT2D eigenvalue weighted by Crippen LogP contribution is 2.00. The van der Waals surface area contributed by atoms with Crippen molar-refractivity contribution in [2.24, 2.45) is 0 Å². The number of nitrogens with zero attached hydrogens (tertiary/aromatic N) is 1. The molecule has 0 aliphatic rings. The number of benzene rings is 1. The number of hydrogen-bond acceptors (Lipinski definition) is 3. The minimum atomic E-state index is -0.482. The monoisotopic (exact) mass is 269 g/mol. The van der Waals surface area contributed by atoms with E-state index in [2.05, 4.69) is 27.1 Å². The molecule has 2 N–H and O–H groups in total.